The van der Waals surface area contributed by atoms with Crippen molar-refractivity contribution < 1.29 is 37.0 Å². The van der Waals surface area contributed by atoms with Crippen LogP contribution in [0.25, 0.3) is 22.3 Å². The monoisotopic (exact) mass is 589 g/mol. The molecule has 40 heavy (non-hydrogen) atoms. The molecule has 12 nitrogen and oxygen atoms in total. The van der Waals surface area contributed by atoms with Gasteiger partial charge in [0.25, 0.3) is 15.6 Å². The maximum Gasteiger partial charge on any atom is 0.528 e. The number of rotatable bonds is 10. The Morgan fingerprint density at radius 2 is 1.75 bits per heavy atom. The average Bonchev–Trinajstić information content (AvgIpc) is 3.37. The van der Waals surface area contributed by atoms with Crippen molar-refractivity contribution in [3.8, 4) is 28.6 Å². The minimum absolute atomic E-state index is 0.0120. The highest BCUT2D eigenvalue weighted by molar-refractivity contribution is 7.91. The van der Waals surface area contributed by atoms with Crippen molar-refractivity contribution in [2.45, 2.75) is 25.0 Å². The van der Waals surface area contributed by atoms with E-state index < -0.39 is 16.2 Å². The van der Waals surface area contributed by atoms with E-state index in [2.05, 4.69) is 14.8 Å². The Morgan fingerprint density at radius 1 is 1.02 bits per heavy atom. The summed E-state index contributed by atoms with van der Waals surface area (Å²) in [6, 6.07) is 9.93. The summed E-state index contributed by atoms with van der Waals surface area (Å²) in [4.78, 5) is 39.1. The van der Waals surface area contributed by atoms with Gasteiger partial charge in [0.2, 0.25) is 0 Å². The number of carbonyl (C=O) groups is 1. The van der Waals surface area contributed by atoms with Crippen LogP contribution in [0.2, 0.25) is 0 Å². The van der Waals surface area contributed by atoms with Gasteiger partial charge in [-0.2, -0.15) is 0 Å². The number of ether oxygens (including phenoxy) is 4. The van der Waals surface area contributed by atoms with Crippen LogP contribution in [-0.2, 0) is 19.6 Å². The quantitative estimate of drug-likeness (QED) is 0.157. The molecule has 0 atom stereocenters. The van der Waals surface area contributed by atoms with Crippen LogP contribution in [-0.4, -0.2) is 52.0 Å². The van der Waals surface area contributed by atoms with E-state index in [-0.39, 0.29) is 23.0 Å². The first-order valence-corrected chi connectivity index (χ1v) is 14.1. The van der Waals surface area contributed by atoms with Gasteiger partial charge in [0.1, 0.15) is 45.9 Å². The van der Waals surface area contributed by atoms with Crippen LogP contribution >= 0.6 is 11.3 Å². The highest BCUT2D eigenvalue weighted by Gasteiger charge is 2.19. The van der Waals surface area contributed by atoms with E-state index in [4.69, 9.17) is 18.9 Å². The Hall–Kier alpha value is -4.14. The van der Waals surface area contributed by atoms with Gasteiger partial charge in [0.15, 0.2) is 0 Å². The fourth-order valence-corrected chi connectivity index (χ4v) is 5.96. The molecule has 0 amide bonds. The van der Waals surface area contributed by atoms with Gasteiger partial charge in [-0.15, -0.1) is 11.3 Å². The third-order valence-electron chi connectivity index (χ3n) is 5.70. The predicted octanol–water partition coefficient (Wildman–Crippen LogP) is 4.02. The lowest BCUT2D eigenvalue weighted by molar-refractivity contribution is 0.0316. The van der Waals surface area contributed by atoms with Crippen molar-refractivity contribution >= 4 is 38.4 Å². The molecule has 14 heteroatoms. The van der Waals surface area contributed by atoms with Crippen molar-refractivity contribution in [2.24, 2.45) is 0 Å². The van der Waals surface area contributed by atoms with Gasteiger partial charge in [0.05, 0.1) is 19.7 Å². The van der Waals surface area contributed by atoms with Gasteiger partial charge in [0, 0.05) is 22.6 Å². The van der Waals surface area contributed by atoms with E-state index in [1.165, 1.54) is 20.3 Å². The van der Waals surface area contributed by atoms with Gasteiger partial charge in [-0.05, 0) is 61.0 Å². The molecule has 0 fully saturated rings. The smallest absolute Gasteiger partial charge is 0.497 e. The number of H-pyrrole nitrogens is 1. The van der Waals surface area contributed by atoms with Crippen molar-refractivity contribution in [3.63, 3.8) is 0 Å². The lowest BCUT2D eigenvalue weighted by Crippen LogP contribution is -2.27. The van der Waals surface area contributed by atoms with Crippen molar-refractivity contribution in [3.05, 3.63) is 62.8 Å². The molecular weight excluding hydrogens is 562 g/mol. The molecule has 0 aliphatic rings. The van der Waals surface area contributed by atoms with Gasteiger partial charge < -0.3 is 28.8 Å². The lowest BCUT2D eigenvalue weighted by Gasteiger charge is -2.14. The number of thiophene rings is 1. The van der Waals surface area contributed by atoms with Crippen molar-refractivity contribution in [1.29, 1.82) is 0 Å². The first-order valence-electron chi connectivity index (χ1n) is 11.8. The molecule has 0 aliphatic heterocycles. The lowest BCUT2D eigenvalue weighted by atomic mass is 10.0. The maximum absolute atomic E-state index is 12.9. The molecule has 0 spiro atoms. The highest BCUT2D eigenvalue weighted by Crippen LogP contribution is 2.31. The molecule has 2 N–H and O–H groups in total. The minimum Gasteiger partial charge on any atom is -0.497 e. The summed E-state index contributed by atoms with van der Waals surface area (Å²) in [6.07, 6.45) is -1.22. The molecule has 4 aromatic rings. The molecule has 0 bridgehead atoms. The topological polar surface area (TPSA) is 155 Å². The third-order valence-corrected chi connectivity index (χ3v) is 8.37. The Bertz CT molecular complexity index is 1710. The Morgan fingerprint density at radius 3 is 2.38 bits per heavy atom. The molecule has 0 radical (unpaired) electrons. The normalized spacial score (nSPS) is 11.3. The van der Waals surface area contributed by atoms with Crippen LogP contribution in [0, 0.1) is 20.8 Å². The second-order valence-corrected chi connectivity index (χ2v) is 11.7. The van der Waals surface area contributed by atoms with Crippen LogP contribution in [0.3, 0.4) is 0 Å². The third kappa shape index (κ3) is 6.35. The number of hydrogen-bond acceptors (Lipinski definition) is 11. The van der Waals surface area contributed by atoms with Crippen LogP contribution in [0.1, 0.15) is 16.0 Å². The van der Waals surface area contributed by atoms with Gasteiger partial charge in [-0.1, -0.05) is 0 Å². The predicted molar refractivity (Wildman–Crippen MR) is 148 cm³/mol. The second kappa shape index (κ2) is 11.9. The number of fused-ring (bicyclic) bond motifs is 1. The number of aryl methyl sites for hydroxylation is 3. The Labute approximate surface area is 233 Å². The van der Waals surface area contributed by atoms with E-state index in [1.54, 1.807) is 42.1 Å². The number of carbonyl (C=O) groups excluding carboxylic acids is 1. The van der Waals surface area contributed by atoms with E-state index in [9.17, 15) is 18.0 Å². The summed E-state index contributed by atoms with van der Waals surface area (Å²) in [5.41, 5.74) is 2.23. The molecule has 0 saturated heterocycles. The molecule has 212 valence electrons. The number of nitrogens with zero attached hydrogens (tertiary/aromatic N) is 1. The highest BCUT2D eigenvalue weighted by atomic mass is 32.2. The van der Waals surface area contributed by atoms with Crippen LogP contribution in [0.5, 0.6) is 17.2 Å². The first kappa shape index (κ1) is 28.9. The van der Waals surface area contributed by atoms with Crippen molar-refractivity contribution in [2.75, 3.05) is 27.4 Å². The largest absolute Gasteiger partial charge is 0.528 e. The maximum atomic E-state index is 12.9. The fourth-order valence-electron chi connectivity index (χ4n) is 3.93. The van der Waals surface area contributed by atoms with Crippen LogP contribution < -0.4 is 24.7 Å². The fraction of sp³-hybridized carbons (Fsp3) is 0.269. The summed E-state index contributed by atoms with van der Waals surface area (Å²) in [7, 11) is -1.01. The van der Waals surface area contributed by atoms with Gasteiger partial charge in [-0.25, -0.2) is 18.2 Å². The minimum atomic E-state index is -3.99. The van der Waals surface area contributed by atoms with E-state index in [1.807, 2.05) is 13.8 Å². The zero-order valence-electron chi connectivity index (χ0n) is 22.3. The molecule has 4 rings (SSSR count). The SMILES string of the molecule is COc1cc(OC)c2c(=O)[nH]c(-c3cc(C)c(OCCOC(=O)ONS(=O)(=O)c4ccc(C)s4)c(C)c3)nc2c1. The number of methoxy groups -OCH3 is 2. The van der Waals surface area contributed by atoms with E-state index in [0.29, 0.717) is 39.5 Å². The molecule has 0 saturated carbocycles. The van der Waals surface area contributed by atoms with Gasteiger partial charge in [-0.3, -0.25) is 4.79 Å². The average molecular weight is 590 g/mol. The zero-order chi connectivity index (χ0) is 29.0. The van der Waals surface area contributed by atoms with Crippen LogP contribution in [0.15, 0.2) is 45.4 Å². The molecule has 0 aliphatic carbocycles. The van der Waals surface area contributed by atoms with Gasteiger partial charge >= 0.3 is 6.16 Å². The van der Waals surface area contributed by atoms with Crippen molar-refractivity contribution in [1.82, 2.24) is 14.9 Å². The van der Waals surface area contributed by atoms with E-state index in [0.717, 1.165) is 27.3 Å². The summed E-state index contributed by atoms with van der Waals surface area (Å²) in [5.74, 6) is 1.77. The number of benzene rings is 2. The summed E-state index contributed by atoms with van der Waals surface area (Å²) in [5, 5.41) is 0.313. The molecule has 0 unspecified atom stereocenters. The number of aromatic amines is 1. The first-order chi connectivity index (χ1) is 19.0. The molecular formula is C26H27N3O9S2. The summed E-state index contributed by atoms with van der Waals surface area (Å²) < 4.78 is 45.5. The number of nitrogens with one attached hydrogen (secondary N) is 2. The summed E-state index contributed by atoms with van der Waals surface area (Å²) in [6.45, 7) is 5.20. The zero-order valence-corrected chi connectivity index (χ0v) is 23.9. The Balaban J connectivity index is 1.40. The number of sulfonamides is 1. The molecule has 2 heterocycles. The standard InChI is InChI=1S/C26H27N3O9S2/c1-14-10-17(24-27-19-12-18(34-4)13-20(35-5)22(19)25(30)28-24)11-15(2)23(14)36-8-9-37-26(31)38-29-40(32,33)21-7-6-16(3)39-21/h6-7,10-13,29H,8-9H2,1-5H3,(H,27,28,30). The molecule has 2 aromatic carbocycles. The van der Waals surface area contributed by atoms with Crippen LogP contribution in [0.4, 0.5) is 4.79 Å². The molecule has 2 aromatic heterocycles. The number of aromatic nitrogens is 2. The Kier molecular flexibility index (Phi) is 8.61. The number of hydrogen-bond donors (Lipinski definition) is 2. The summed E-state index contributed by atoms with van der Waals surface area (Å²) >= 11 is 1.04. The van der Waals surface area contributed by atoms with E-state index >= 15 is 0 Å². The second-order valence-electron chi connectivity index (χ2n) is 8.58.